The van der Waals surface area contributed by atoms with Crippen molar-refractivity contribution in [3.8, 4) is 0 Å². The van der Waals surface area contributed by atoms with Crippen LogP contribution < -0.4 is 21.3 Å². The molecule has 230 valence electrons. The lowest BCUT2D eigenvalue weighted by Gasteiger charge is -2.17. The first-order chi connectivity index (χ1) is 23.8. The van der Waals surface area contributed by atoms with Crippen molar-refractivity contribution in [2.24, 2.45) is 0 Å². The molecule has 0 spiro atoms. The number of H-pyrrole nitrogens is 2. The maximum atomic E-state index is 3.90. The van der Waals surface area contributed by atoms with Crippen LogP contribution in [-0.2, 0) is 0 Å². The van der Waals surface area contributed by atoms with Crippen molar-refractivity contribution < 1.29 is 0 Å². The van der Waals surface area contributed by atoms with E-state index in [2.05, 4.69) is 178 Å². The lowest BCUT2D eigenvalue weighted by atomic mass is 10.00. The summed E-state index contributed by atoms with van der Waals surface area (Å²) in [7, 11) is 0. The fourth-order valence-corrected chi connectivity index (χ4v) is 7.29. The lowest BCUT2D eigenvalue weighted by molar-refractivity contribution is 1.02. The van der Waals surface area contributed by atoms with E-state index in [4.69, 9.17) is 0 Å². The molecule has 0 fully saturated rings. The zero-order chi connectivity index (χ0) is 31.9. The summed E-state index contributed by atoms with van der Waals surface area (Å²) < 4.78 is 0. The van der Waals surface area contributed by atoms with E-state index in [9.17, 15) is 0 Å². The summed E-state index contributed by atoms with van der Waals surface area (Å²) >= 11 is 0. The van der Waals surface area contributed by atoms with Gasteiger partial charge in [0.15, 0.2) is 0 Å². The SMILES string of the molecule is C1=C2NC(=C(c3ccccc3)c3ccc([nH]3)C(c3ccccc3)=C3CC=C(N3)C(c3ccccc3)=c3ccc([nH]3)=C2c2ccccc2)C1. The maximum Gasteiger partial charge on any atom is 0.0485 e. The number of hydrogen-bond donors (Lipinski definition) is 4. The molecule has 0 atom stereocenters. The van der Waals surface area contributed by atoms with Crippen LogP contribution in [0.15, 0.2) is 181 Å². The minimum atomic E-state index is 0.792. The van der Waals surface area contributed by atoms with Crippen molar-refractivity contribution in [2.75, 3.05) is 0 Å². The molecular weight excluding hydrogens is 585 g/mol. The standard InChI is InChI=1S/C44H34N4/c1-5-13-29(14-6-1)41-33-21-23-35(45-33)42(30-15-7-2-8-16-30)37-25-27-39(47-37)44(32-19-11-4-12-20-32)40-28-26-38(48-40)43(31-17-9-3-10-18-31)36-24-22-34(41)46-36/h1-23,25-26,28,45-48H,24,27H2. The monoisotopic (exact) mass is 618 g/mol. The van der Waals surface area contributed by atoms with Crippen LogP contribution in [0.1, 0.15) is 46.5 Å². The van der Waals surface area contributed by atoms with Crippen LogP contribution in [0.4, 0.5) is 0 Å². The third-order valence-electron chi connectivity index (χ3n) is 9.43. The fraction of sp³-hybridized carbons (Fsp3) is 0.0455. The first kappa shape index (κ1) is 28.0. The highest BCUT2D eigenvalue weighted by atomic mass is 15.0. The van der Waals surface area contributed by atoms with E-state index in [0.717, 1.165) is 68.6 Å². The van der Waals surface area contributed by atoms with Gasteiger partial charge in [-0.15, -0.1) is 0 Å². The Hall–Kier alpha value is -6.26. The van der Waals surface area contributed by atoms with Crippen LogP contribution in [0.25, 0.3) is 22.3 Å². The van der Waals surface area contributed by atoms with Gasteiger partial charge in [-0.25, -0.2) is 0 Å². The van der Waals surface area contributed by atoms with Crippen LogP contribution in [0.2, 0.25) is 0 Å². The third-order valence-corrected chi connectivity index (χ3v) is 9.43. The van der Waals surface area contributed by atoms with E-state index in [1.807, 2.05) is 0 Å². The number of aromatic nitrogens is 2. The number of allylic oxidation sites excluding steroid dienone is 4. The molecule has 5 heterocycles. The summed E-state index contributed by atoms with van der Waals surface area (Å²) in [6.07, 6.45) is 6.24. The summed E-state index contributed by atoms with van der Waals surface area (Å²) in [5.41, 5.74) is 16.0. The maximum absolute atomic E-state index is 3.90. The summed E-state index contributed by atoms with van der Waals surface area (Å²) in [5, 5.41) is 9.95. The minimum Gasteiger partial charge on any atom is -0.358 e. The van der Waals surface area contributed by atoms with Crippen molar-refractivity contribution in [1.82, 2.24) is 20.6 Å². The predicted molar refractivity (Wildman–Crippen MR) is 195 cm³/mol. The lowest BCUT2D eigenvalue weighted by Crippen LogP contribution is -2.22. The Morgan fingerprint density at radius 3 is 1.06 bits per heavy atom. The molecule has 48 heavy (non-hydrogen) atoms. The molecule has 0 amide bonds. The smallest absolute Gasteiger partial charge is 0.0485 e. The van der Waals surface area contributed by atoms with Gasteiger partial charge in [0.2, 0.25) is 0 Å². The molecule has 0 unspecified atom stereocenters. The molecule has 4 N–H and O–H groups in total. The van der Waals surface area contributed by atoms with Gasteiger partial charge >= 0.3 is 0 Å². The van der Waals surface area contributed by atoms with E-state index in [0.29, 0.717) is 0 Å². The first-order valence-corrected chi connectivity index (χ1v) is 16.6. The Kier molecular flexibility index (Phi) is 6.90. The van der Waals surface area contributed by atoms with Crippen molar-refractivity contribution in [3.63, 3.8) is 0 Å². The average molecular weight is 619 g/mol. The highest BCUT2D eigenvalue weighted by Gasteiger charge is 2.25. The normalized spacial score (nSPS) is 15.7. The van der Waals surface area contributed by atoms with Gasteiger partial charge in [0.25, 0.3) is 0 Å². The zero-order valence-corrected chi connectivity index (χ0v) is 26.4. The largest absolute Gasteiger partial charge is 0.358 e. The van der Waals surface area contributed by atoms with Crippen molar-refractivity contribution in [2.45, 2.75) is 12.8 Å². The van der Waals surface area contributed by atoms with E-state index in [1.165, 1.54) is 33.7 Å². The molecule has 0 saturated carbocycles. The Bertz CT molecular complexity index is 2230. The predicted octanol–water partition coefficient (Wildman–Crippen LogP) is 7.73. The minimum absolute atomic E-state index is 0.792. The molecule has 0 radical (unpaired) electrons. The molecule has 4 aromatic carbocycles. The quantitative estimate of drug-likeness (QED) is 0.164. The molecule has 2 aromatic heterocycles. The highest BCUT2D eigenvalue weighted by molar-refractivity contribution is 5.89. The van der Waals surface area contributed by atoms with Gasteiger partial charge in [-0.05, 0) is 46.5 Å². The number of aromatic amines is 2. The molecule has 9 rings (SSSR count). The van der Waals surface area contributed by atoms with Crippen molar-refractivity contribution in [3.05, 3.63) is 225 Å². The molecule has 8 bridgehead atoms. The number of fused-ring (bicyclic) bond motifs is 8. The Morgan fingerprint density at radius 2 is 0.688 bits per heavy atom. The second-order valence-electron chi connectivity index (χ2n) is 12.4. The second kappa shape index (κ2) is 11.8. The molecule has 3 aliphatic heterocycles. The van der Waals surface area contributed by atoms with Gasteiger partial charge in [-0.3, -0.25) is 0 Å². The second-order valence-corrected chi connectivity index (χ2v) is 12.4. The number of benzene rings is 4. The van der Waals surface area contributed by atoms with E-state index in [1.54, 1.807) is 0 Å². The Balaban J connectivity index is 1.36. The molecule has 6 aromatic rings. The Morgan fingerprint density at radius 1 is 0.333 bits per heavy atom. The topological polar surface area (TPSA) is 55.6 Å². The summed E-state index contributed by atoms with van der Waals surface area (Å²) in [6.45, 7) is 0. The molecule has 3 aliphatic rings. The van der Waals surface area contributed by atoms with E-state index >= 15 is 0 Å². The van der Waals surface area contributed by atoms with Gasteiger partial charge in [-0.2, -0.15) is 0 Å². The first-order valence-electron chi connectivity index (χ1n) is 16.6. The summed E-state index contributed by atoms with van der Waals surface area (Å²) in [5.74, 6) is 0. The highest BCUT2D eigenvalue weighted by Crippen LogP contribution is 2.37. The molecule has 4 nitrogen and oxygen atoms in total. The van der Waals surface area contributed by atoms with Crippen LogP contribution >= 0.6 is 0 Å². The van der Waals surface area contributed by atoms with Crippen molar-refractivity contribution >= 4 is 22.3 Å². The van der Waals surface area contributed by atoms with Gasteiger partial charge < -0.3 is 20.6 Å². The number of hydrogen-bond acceptors (Lipinski definition) is 2. The van der Waals surface area contributed by atoms with Crippen LogP contribution in [-0.4, -0.2) is 9.97 Å². The van der Waals surface area contributed by atoms with Gasteiger partial charge in [0.05, 0.1) is 0 Å². The van der Waals surface area contributed by atoms with Gasteiger partial charge in [0, 0.05) is 80.0 Å². The van der Waals surface area contributed by atoms with E-state index < -0.39 is 0 Å². The van der Waals surface area contributed by atoms with Crippen molar-refractivity contribution in [1.29, 1.82) is 0 Å². The fourth-order valence-electron chi connectivity index (χ4n) is 7.29. The Labute approximate surface area is 279 Å². The van der Waals surface area contributed by atoms with E-state index in [-0.39, 0.29) is 0 Å². The van der Waals surface area contributed by atoms with Gasteiger partial charge in [-0.1, -0.05) is 133 Å². The molecule has 0 aliphatic carbocycles. The summed E-state index contributed by atoms with van der Waals surface area (Å²) in [6, 6.07) is 51.7. The number of rotatable bonds is 4. The molecular formula is C44H34N4. The average Bonchev–Trinajstić information content (AvgIpc) is 3.98. The third kappa shape index (κ3) is 4.95. The van der Waals surface area contributed by atoms with Gasteiger partial charge in [0.1, 0.15) is 0 Å². The van der Waals surface area contributed by atoms with Crippen LogP contribution in [0, 0.1) is 0 Å². The number of nitrogens with one attached hydrogen (secondary N) is 4. The molecule has 4 heteroatoms. The molecule has 0 saturated heterocycles. The zero-order valence-electron chi connectivity index (χ0n) is 26.4. The summed E-state index contributed by atoms with van der Waals surface area (Å²) in [4.78, 5) is 7.75. The van der Waals surface area contributed by atoms with Crippen LogP contribution in [0.5, 0.6) is 0 Å². The van der Waals surface area contributed by atoms with Crippen LogP contribution in [0.3, 0.4) is 0 Å².